The smallest absolute Gasteiger partial charge is 0.314 e. The Kier molecular flexibility index (Phi) is 6.40. The highest BCUT2D eigenvalue weighted by Gasteiger charge is 2.18. The van der Waals surface area contributed by atoms with Gasteiger partial charge in [-0.2, -0.15) is 0 Å². The molecule has 0 heterocycles. The maximum Gasteiger partial charge on any atom is 0.314 e. The van der Waals surface area contributed by atoms with Gasteiger partial charge in [-0.25, -0.2) is 0 Å². The van der Waals surface area contributed by atoms with Crippen LogP contribution in [0.2, 0.25) is 10.0 Å². The normalized spacial score (nSPS) is 10.3. The van der Waals surface area contributed by atoms with Gasteiger partial charge in [-0.05, 0) is 36.4 Å². The Hall–Kier alpha value is -2.47. The van der Waals surface area contributed by atoms with E-state index < -0.39 is 11.8 Å². The molecule has 0 aliphatic rings. The molecule has 3 aromatic rings. The molecule has 0 fully saturated rings. The van der Waals surface area contributed by atoms with Crippen LogP contribution < -0.4 is 10.6 Å². The zero-order valence-electron chi connectivity index (χ0n) is 13.9. The Morgan fingerprint density at radius 1 is 0.704 bits per heavy atom. The summed E-state index contributed by atoms with van der Waals surface area (Å²) in [6, 6.07) is 21.8. The quantitative estimate of drug-likeness (QED) is 0.534. The van der Waals surface area contributed by atoms with Crippen LogP contribution in [0, 0.1) is 0 Å². The first-order chi connectivity index (χ1) is 13.0. The van der Waals surface area contributed by atoms with Gasteiger partial charge in [0, 0.05) is 9.79 Å². The first-order valence-corrected chi connectivity index (χ1v) is 9.50. The molecule has 7 heteroatoms. The molecule has 0 atom stereocenters. The number of anilines is 2. The topological polar surface area (TPSA) is 58.2 Å². The highest BCUT2D eigenvalue weighted by atomic mass is 35.5. The van der Waals surface area contributed by atoms with Crippen LogP contribution in [-0.2, 0) is 9.59 Å². The van der Waals surface area contributed by atoms with Gasteiger partial charge in [0.2, 0.25) is 0 Å². The Morgan fingerprint density at radius 2 is 1.30 bits per heavy atom. The van der Waals surface area contributed by atoms with Crippen molar-refractivity contribution in [2.45, 2.75) is 9.79 Å². The van der Waals surface area contributed by atoms with Gasteiger partial charge in [-0.15, -0.1) is 0 Å². The fraction of sp³-hybridized carbons (Fsp3) is 0. The van der Waals surface area contributed by atoms with Gasteiger partial charge >= 0.3 is 11.8 Å². The molecule has 0 unspecified atom stereocenters. The van der Waals surface area contributed by atoms with Gasteiger partial charge in [0.25, 0.3) is 0 Å². The van der Waals surface area contributed by atoms with Crippen molar-refractivity contribution in [2.24, 2.45) is 0 Å². The van der Waals surface area contributed by atoms with Crippen molar-refractivity contribution in [3.8, 4) is 0 Å². The van der Waals surface area contributed by atoms with Crippen molar-refractivity contribution in [1.29, 1.82) is 0 Å². The van der Waals surface area contributed by atoms with Crippen LogP contribution in [0.3, 0.4) is 0 Å². The van der Waals surface area contributed by atoms with Gasteiger partial charge in [0.15, 0.2) is 0 Å². The van der Waals surface area contributed by atoms with Gasteiger partial charge in [0.05, 0.1) is 21.4 Å². The second-order valence-corrected chi connectivity index (χ2v) is 7.35. The van der Waals surface area contributed by atoms with Gasteiger partial charge in [-0.1, -0.05) is 71.4 Å². The summed E-state index contributed by atoms with van der Waals surface area (Å²) >= 11 is 13.5. The number of amides is 2. The molecule has 0 aliphatic heterocycles. The van der Waals surface area contributed by atoms with E-state index in [9.17, 15) is 9.59 Å². The Bertz CT molecular complexity index is 960. The molecule has 0 aromatic heterocycles. The maximum absolute atomic E-state index is 12.3. The minimum absolute atomic E-state index is 0.202. The van der Waals surface area contributed by atoms with Crippen LogP contribution in [0.25, 0.3) is 0 Å². The van der Waals surface area contributed by atoms with Crippen molar-refractivity contribution < 1.29 is 9.59 Å². The molecular weight excluding hydrogens is 403 g/mol. The second kappa shape index (κ2) is 8.95. The van der Waals surface area contributed by atoms with E-state index in [4.69, 9.17) is 23.2 Å². The van der Waals surface area contributed by atoms with Gasteiger partial charge < -0.3 is 10.6 Å². The summed E-state index contributed by atoms with van der Waals surface area (Å²) in [4.78, 5) is 26.4. The lowest BCUT2D eigenvalue weighted by Crippen LogP contribution is -2.29. The molecule has 0 saturated heterocycles. The molecule has 2 N–H and O–H groups in total. The third-order valence-corrected chi connectivity index (χ3v) is 5.23. The molecule has 2 amide bonds. The highest BCUT2D eigenvalue weighted by molar-refractivity contribution is 7.99. The Morgan fingerprint density at radius 3 is 2.00 bits per heavy atom. The number of rotatable bonds is 4. The summed E-state index contributed by atoms with van der Waals surface area (Å²) in [6.45, 7) is 0. The van der Waals surface area contributed by atoms with Gasteiger partial charge in [-0.3, -0.25) is 9.59 Å². The maximum atomic E-state index is 12.3. The fourth-order valence-corrected chi connectivity index (χ4v) is 3.66. The Balaban J connectivity index is 1.73. The largest absolute Gasteiger partial charge is 0.317 e. The molecular formula is C20H14Cl2N2O2S. The van der Waals surface area contributed by atoms with E-state index in [-0.39, 0.29) is 15.7 Å². The number of carbonyl (C=O) groups excluding carboxylic acids is 2. The van der Waals surface area contributed by atoms with E-state index in [0.29, 0.717) is 5.69 Å². The lowest BCUT2D eigenvalue weighted by molar-refractivity contribution is -0.133. The van der Waals surface area contributed by atoms with Crippen LogP contribution in [0.1, 0.15) is 0 Å². The average Bonchev–Trinajstić information content (AvgIpc) is 2.67. The highest BCUT2D eigenvalue weighted by Crippen LogP contribution is 2.33. The summed E-state index contributed by atoms with van der Waals surface area (Å²) in [5.74, 6) is -1.67. The zero-order valence-corrected chi connectivity index (χ0v) is 16.2. The van der Waals surface area contributed by atoms with Crippen LogP contribution in [-0.4, -0.2) is 11.8 Å². The van der Waals surface area contributed by atoms with Crippen LogP contribution in [0.5, 0.6) is 0 Å². The molecule has 27 heavy (non-hydrogen) atoms. The lowest BCUT2D eigenvalue weighted by atomic mass is 10.3. The average molecular weight is 417 g/mol. The summed E-state index contributed by atoms with van der Waals surface area (Å²) in [5, 5.41) is 5.58. The summed E-state index contributed by atoms with van der Waals surface area (Å²) in [5.41, 5.74) is 0.740. The van der Waals surface area contributed by atoms with Crippen LogP contribution >= 0.6 is 35.0 Å². The number of halogens is 2. The minimum atomic E-state index is -0.857. The number of nitrogens with one attached hydrogen (secondary N) is 2. The summed E-state index contributed by atoms with van der Waals surface area (Å²) in [7, 11) is 0. The van der Waals surface area contributed by atoms with Crippen LogP contribution in [0.4, 0.5) is 11.4 Å². The molecule has 3 aromatic carbocycles. The third-order valence-electron chi connectivity index (χ3n) is 3.51. The molecule has 0 bridgehead atoms. The molecule has 3 rings (SSSR count). The minimum Gasteiger partial charge on any atom is -0.317 e. The molecule has 0 saturated carbocycles. The molecule has 0 aliphatic carbocycles. The number of para-hydroxylation sites is 2. The fourth-order valence-electron chi connectivity index (χ4n) is 2.24. The van der Waals surface area contributed by atoms with E-state index in [0.717, 1.165) is 9.79 Å². The molecule has 136 valence electrons. The van der Waals surface area contributed by atoms with Crippen molar-refractivity contribution in [2.75, 3.05) is 10.6 Å². The van der Waals surface area contributed by atoms with Crippen molar-refractivity contribution in [1.82, 2.24) is 0 Å². The van der Waals surface area contributed by atoms with Crippen molar-refractivity contribution >= 4 is 58.2 Å². The zero-order chi connectivity index (χ0) is 19.2. The first-order valence-electron chi connectivity index (χ1n) is 7.93. The van der Waals surface area contributed by atoms with Gasteiger partial charge in [0.1, 0.15) is 0 Å². The lowest BCUT2D eigenvalue weighted by Gasteiger charge is -2.12. The first kappa shape index (κ1) is 19.3. The number of hydrogen-bond donors (Lipinski definition) is 2. The standard InChI is InChI=1S/C20H14Cl2N2O2S/c21-14-9-6-10-15(22)18(14)24-20(26)19(25)23-16-11-4-5-12-17(16)27-13-7-2-1-3-8-13/h1-12H,(H,23,25)(H,24,26). The number of carbonyl (C=O) groups is 2. The number of benzene rings is 3. The Labute approximate surface area is 170 Å². The summed E-state index contributed by atoms with van der Waals surface area (Å²) in [6.07, 6.45) is 0. The van der Waals surface area contributed by atoms with Crippen LogP contribution in [0.15, 0.2) is 82.6 Å². The predicted octanol–water partition coefficient (Wildman–Crippen LogP) is 5.72. The number of hydrogen-bond acceptors (Lipinski definition) is 3. The van der Waals surface area contributed by atoms with Crippen molar-refractivity contribution in [3.63, 3.8) is 0 Å². The molecule has 4 nitrogen and oxygen atoms in total. The second-order valence-electron chi connectivity index (χ2n) is 5.42. The van der Waals surface area contributed by atoms with E-state index in [2.05, 4.69) is 10.6 Å². The predicted molar refractivity (Wildman–Crippen MR) is 111 cm³/mol. The van der Waals surface area contributed by atoms with E-state index in [1.807, 2.05) is 42.5 Å². The third kappa shape index (κ3) is 5.04. The molecule has 0 spiro atoms. The SMILES string of the molecule is O=C(Nc1ccccc1Sc1ccccc1)C(=O)Nc1c(Cl)cccc1Cl. The van der Waals surface area contributed by atoms with E-state index in [1.165, 1.54) is 11.8 Å². The summed E-state index contributed by atoms with van der Waals surface area (Å²) < 4.78 is 0. The van der Waals surface area contributed by atoms with Crippen molar-refractivity contribution in [3.05, 3.63) is 82.8 Å². The van der Waals surface area contributed by atoms with E-state index >= 15 is 0 Å². The molecule has 0 radical (unpaired) electrons. The van der Waals surface area contributed by atoms with E-state index in [1.54, 1.807) is 30.3 Å². The monoisotopic (exact) mass is 416 g/mol.